The van der Waals surface area contributed by atoms with Crippen LogP contribution in [0.4, 0.5) is 25.2 Å². The fourth-order valence-corrected chi connectivity index (χ4v) is 43.2. The number of pyridine rings is 4. The molecule has 0 aliphatic rings. The van der Waals surface area contributed by atoms with Gasteiger partial charge in [0, 0.05) is 0 Å². The normalized spacial score (nSPS) is 15.2. The second-order valence-electron chi connectivity index (χ2n) is 13.8. The molecule has 4 nitrogen and oxygen atoms in total. The van der Waals surface area contributed by atoms with Gasteiger partial charge in [-0.3, -0.25) is 0 Å². The van der Waals surface area contributed by atoms with E-state index in [0.717, 1.165) is 30.9 Å². The van der Waals surface area contributed by atoms with Crippen LogP contribution in [-0.4, -0.2) is 19.9 Å². The predicted octanol–water partition coefficient (Wildman–Crippen LogP) is 11.2. The summed E-state index contributed by atoms with van der Waals surface area (Å²) in [5, 5.41) is 0. The maximum atomic E-state index is 9.87. The summed E-state index contributed by atoms with van der Waals surface area (Å²) in [6, 6.07) is 43.1. The Morgan fingerprint density at radius 1 is 0.404 bits per heavy atom. The predicted molar refractivity (Wildman–Crippen MR) is 199 cm³/mol. The Bertz CT molecular complexity index is 2030. The molecule has 0 radical (unpaired) electrons. The Balaban J connectivity index is 0.000000679. The Labute approximate surface area is 299 Å². The van der Waals surface area contributed by atoms with E-state index in [1.165, 1.54) is 8.15 Å². The van der Waals surface area contributed by atoms with Gasteiger partial charge in [-0.2, -0.15) is 0 Å². The first kappa shape index (κ1) is 38.9. The fraction of sp³-hybridized carbons (Fsp3) is 0.200. The molecule has 0 amide bonds. The van der Waals surface area contributed by atoms with Crippen molar-refractivity contribution < 1.29 is 38.1 Å². The molecule has 0 aliphatic carbocycles. The van der Waals surface area contributed by atoms with Crippen LogP contribution in [0.1, 0.15) is 41.5 Å². The molecule has 0 saturated heterocycles. The van der Waals surface area contributed by atoms with E-state index < -0.39 is 28.5 Å². The van der Waals surface area contributed by atoms with Crippen molar-refractivity contribution >= 4 is 24.4 Å². The average Bonchev–Trinajstić information content (AvgIpc) is 3.09. The summed E-state index contributed by atoms with van der Waals surface area (Å²) in [6.07, 6.45) is 7.70. The molecule has 0 unspecified atom stereocenters. The quantitative estimate of drug-likeness (QED) is 0.123. The Hall–Kier alpha value is -4.30. The van der Waals surface area contributed by atoms with Crippen molar-refractivity contribution in [3.8, 4) is 22.5 Å². The first-order chi connectivity index (χ1) is 24.0. The molecule has 0 aliphatic heterocycles. The van der Waals surface area contributed by atoms with Gasteiger partial charge in [0.1, 0.15) is 0 Å². The molecule has 4 aromatic heterocycles. The van der Waals surface area contributed by atoms with E-state index in [0.29, 0.717) is 0 Å². The average molecular weight is 916 g/mol. The van der Waals surface area contributed by atoms with Crippen molar-refractivity contribution in [3.05, 3.63) is 146 Å². The fourth-order valence-electron chi connectivity index (χ4n) is 7.65. The third-order valence-corrected chi connectivity index (χ3v) is 43.1. The van der Waals surface area contributed by atoms with E-state index >= 15 is 0 Å². The van der Waals surface area contributed by atoms with Crippen LogP contribution in [-0.2, 0) is 12.9 Å². The summed E-state index contributed by atoms with van der Waals surface area (Å²) < 4.78 is 62.9. The van der Waals surface area contributed by atoms with E-state index in [2.05, 4.69) is 139 Å². The molecule has 4 heterocycles. The van der Waals surface area contributed by atoms with Crippen LogP contribution in [0.3, 0.4) is 0 Å². The van der Waals surface area contributed by atoms with Gasteiger partial charge in [0.15, 0.2) is 0 Å². The standard InChI is InChI=1S/2C11H8N.2C5H4N.2C4H9.F6P.Ir/c2*1-2-6-10(7-3-1)11-8-4-5-9-12-11;2*1-2-4-6-5-3-1;2*1-4(2)3;1-7(2,3,4,5)6;/h2*1-6,8-9H;2*1-4H;2*1-3H3;;/q;;;;;;-1;. The van der Waals surface area contributed by atoms with Gasteiger partial charge in [-0.25, -0.2) is 0 Å². The number of aromatic nitrogens is 4. The van der Waals surface area contributed by atoms with Gasteiger partial charge >= 0.3 is 300 Å². The number of halogens is 6. The van der Waals surface area contributed by atoms with E-state index in [4.69, 9.17) is 19.9 Å². The second-order valence-corrected chi connectivity index (χ2v) is 36.9. The van der Waals surface area contributed by atoms with Gasteiger partial charge in [0.05, 0.1) is 0 Å². The molecule has 0 atom stereocenters. The maximum absolute atomic E-state index is 10.7. The summed E-state index contributed by atoms with van der Waals surface area (Å²) in [6.45, 7) is 14.6. The van der Waals surface area contributed by atoms with Gasteiger partial charge in [0.25, 0.3) is 0 Å². The molecule has 0 N–H and O–H groups in total. The van der Waals surface area contributed by atoms with Crippen LogP contribution in [0.15, 0.2) is 146 Å². The van der Waals surface area contributed by atoms with Crippen molar-refractivity contribution in [2.45, 2.75) is 49.4 Å². The number of hydrogen-bond acceptors (Lipinski definition) is 4. The topological polar surface area (TPSA) is 51.6 Å². The third-order valence-electron chi connectivity index (χ3n) is 9.07. The van der Waals surface area contributed by atoms with Crippen LogP contribution in [0, 0.1) is 0 Å². The first-order valence-electron chi connectivity index (χ1n) is 16.3. The number of nitrogens with zero attached hydrogens (tertiary/aromatic N) is 4. The van der Waals surface area contributed by atoms with Crippen LogP contribution in [0.25, 0.3) is 22.5 Å². The van der Waals surface area contributed by atoms with Crippen molar-refractivity contribution in [1.82, 2.24) is 19.9 Å². The van der Waals surface area contributed by atoms with Crippen LogP contribution in [0.2, 0.25) is 7.86 Å². The van der Waals surface area contributed by atoms with Gasteiger partial charge in [-0.05, 0) is 0 Å². The zero-order valence-corrected chi connectivity index (χ0v) is 33.0. The summed E-state index contributed by atoms with van der Waals surface area (Å²) >= 11 is -6.07. The molecular weight excluding hydrogens is 874 g/mol. The minimum absolute atomic E-state index is 0.448. The monoisotopic (exact) mass is 916 g/mol. The molecule has 279 valence electrons. The van der Waals surface area contributed by atoms with E-state index in [1.54, 1.807) is 0 Å². The third kappa shape index (κ3) is 5.60. The zero-order chi connectivity index (χ0) is 38.2. The summed E-state index contributed by atoms with van der Waals surface area (Å²) in [5.41, 5.74) is 4.05. The Kier molecular flexibility index (Phi) is 9.07. The molecule has 0 spiro atoms. The molecule has 0 saturated carbocycles. The molecule has 6 rings (SSSR count). The summed E-state index contributed by atoms with van der Waals surface area (Å²) in [7, 11) is -10.7. The Morgan fingerprint density at radius 3 is 0.962 bits per heavy atom. The van der Waals surface area contributed by atoms with Crippen molar-refractivity contribution in [2.24, 2.45) is 0 Å². The molecule has 6 aromatic rings. The SMILES string of the molecule is C[C](C)(C)[Ir]([c]1ccccn1)([c]1ccccn1)([c]1ccccc1-c1ccccn1)([c]1ccccc1-c1ccccn1)[C](C)(C)C.F[P-](F)(F)(F)(F)F. The molecule has 2 aromatic carbocycles. The minimum atomic E-state index is -10.7. The van der Waals surface area contributed by atoms with Gasteiger partial charge in [0.2, 0.25) is 0 Å². The van der Waals surface area contributed by atoms with E-state index in [-0.39, 0.29) is 0 Å². The van der Waals surface area contributed by atoms with Crippen molar-refractivity contribution in [3.63, 3.8) is 0 Å². The Morgan fingerprint density at radius 2 is 0.692 bits per heavy atom. The second kappa shape index (κ2) is 12.1. The van der Waals surface area contributed by atoms with Gasteiger partial charge in [-0.15, -0.1) is 0 Å². The molecule has 0 fully saturated rings. The summed E-state index contributed by atoms with van der Waals surface area (Å²) in [5.74, 6) is 0. The molecule has 12 heteroatoms. The van der Waals surface area contributed by atoms with E-state index in [9.17, 15) is 25.2 Å². The van der Waals surface area contributed by atoms with Gasteiger partial charge in [-0.1, -0.05) is 0 Å². The van der Waals surface area contributed by atoms with Crippen LogP contribution < -0.4 is 16.6 Å². The molecule has 52 heavy (non-hydrogen) atoms. The van der Waals surface area contributed by atoms with E-state index in [1.807, 2.05) is 49.1 Å². The van der Waals surface area contributed by atoms with Crippen LogP contribution >= 0.6 is 7.81 Å². The first-order valence-corrected chi connectivity index (χ1v) is 25.5. The van der Waals surface area contributed by atoms with Crippen LogP contribution in [0.5, 0.6) is 0 Å². The molecule has 0 bridgehead atoms. The van der Waals surface area contributed by atoms with Crippen molar-refractivity contribution in [1.29, 1.82) is 0 Å². The zero-order valence-electron chi connectivity index (χ0n) is 29.7. The molecular formula is C40H42F6IrN4P-. The summed E-state index contributed by atoms with van der Waals surface area (Å²) in [4.78, 5) is 21.0. The number of benzene rings is 2. The van der Waals surface area contributed by atoms with Gasteiger partial charge < -0.3 is 0 Å². The van der Waals surface area contributed by atoms with Crippen molar-refractivity contribution in [2.75, 3.05) is 0 Å². The number of rotatable bonds is 6. The number of hydrogen-bond donors (Lipinski definition) is 0.